The monoisotopic (exact) mass is 398 g/mol. The van der Waals surface area contributed by atoms with Crippen molar-refractivity contribution < 1.29 is 9.53 Å². The number of amides is 1. The lowest BCUT2D eigenvalue weighted by Gasteiger charge is -2.26. The number of likely N-dealkylation sites (tertiary alicyclic amines) is 1. The van der Waals surface area contributed by atoms with Gasteiger partial charge < -0.3 is 9.64 Å². The van der Waals surface area contributed by atoms with Gasteiger partial charge in [-0.05, 0) is 31.6 Å². The van der Waals surface area contributed by atoms with Crippen molar-refractivity contribution in [3.63, 3.8) is 0 Å². The molecule has 1 aliphatic heterocycles. The fraction of sp³-hybridized carbons (Fsp3) is 0.429. The number of hydrogen-bond acceptors (Lipinski definition) is 5. The maximum absolute atomic E-state index is 13.2. The molecule has 3 heterocycles. The molecule has 0 bridgehead atoms. The van der Waals surface area contributed by atoms with Crippen molar-refractivity contribution >= 4 is 22.2 Å². The summed E-state index contributed by atoms with van der Waals surface area (Å²) >= 11 is 1.51. The number of thiazole rings is 1. The van der Waals surface area contributed by atoms with Gasteiger partial charge in [-0.1, -0.05) is 26.0 Å². The summed E-state index contributed by atoms with van der Waals surface area (Å²) in [7, 11) is 1.66. The van der Waals surface area contributed by atoms with Crippen molar-refractivity contribution in [2.24, 2.45) is 0 Å². The van der Waals surface area contributed by atoms with Gasteiger partial charge in [-0.2, -0.15) is 0 Å². The largest absolute Gasteiger partial charge is 0.497 e. The zero-order chi connectivity index (χ0) is 19.7. The van der Waals surface area contributed by atoms with Crippen molar-refractivity contribution in [1.82, 2.24) is 19.2 Å². The second-order valence-electron chi connectivity index (χ2n) is 7.05. The molecular weight excluding hydrogens is 372 g/mol. The van der Waals surface area contributed by atoms with Crippen molar-refractivity contribution in [2.75, 3.05) is 33.3 Å². The molecule has 0 aliphatic carbocycles. The second kappa shape index (κ2) is 7.93. The van der Waals surface area contributed by atoms with Gasteiger partial charge in [0, 0.05) is 36.3 Å². The highest BCUT2D eigenvalue weighted by Gasteiger charge is 2.31. The summed E-state index contributed by atoms with van der Waals surface area (Å²) in [4.78, 5) is 23.1. The number of methoxy groups -OCH3 is 1. The summed E-state index contributed by atoms with van der Waals surface area (Å²) in [6, 6.07) is 8.29. The Bertz CT molecular complexity index is 976. The van der Waals surface area contributed by atoms with Crippen LogP contribution in [0.3, 0.4) is 0 Å². The first-order chi connectivity index (χ1) is 13.6. The van der Waals surface area contributed by atoms with Gasteiger partial charge in [0.1, 0.15) is 11.4 Å². The van der Waals surface area contributed by atoms with Crippen LogP contribution >= 0.6 is 11.3 Å². The molecular formula is C21H26N4O2S. The molecule has 0 spiro atoms. The van der Waals surface area contributed by atoms with E-state index in [1.807, 2.05) is 45.1 Å². The Morgan fingerprint density at radius 3 is 2.93 bits per heavy atom. The molecule has 4 rings (SSSR count). The normalized spacial score (nSPS) is 17.0. The number of rotatable bonds is 6. The molecule has 3 aromatic rings. The first-order valence-corrected chi connectivity index (χ1v) is 10.7. The molecule has 2 aromatic heterocycles. The van der Waals surface area contributed by atoms with Gasteiger partial charge in [0.15, 0.2) is 4.96 Å². The standard InChI is InChI=1S/C21H26N4O2S/c1-4-23(5-2)16-9-10-24(12-16)20(26)19-14-28-21-22-18(13-25(19)21)15-7-6-8-17(11-15)27-3/h6-8,11,13-14,16H,4-5,9-10,12H2,1-3H3. The van der Waals surface area contributed by atoms with E-state index in [1.54, 1.807) is 7.11 Å². The lowest BCUT2D eigenvalue weighted by molar-refractivity contribution is 0.0771. The van der Waals surface area contributed by atoms with Crippen LogP contribution in [-0.2, 0) is 0 Å². The maximum Gasteiger partial charge on any atom is 0.271 e. The van der Waals surface area contributed by atoms with Crippen LogP contribution in [0.15, 0.2) is 35.8 Å². The molecule has 1 fully saturated rings. The van der Waals surface area contributed by atoms with Crippen molar-refractivity contribution in [3.05, 3.63) is 41.5 Å². The maximum atomic E-state index is 13.2. The highest BCUT2D eigenvalue weighted by molar-refractivity contribution is 7.15. The predicted octanol–water partition coefficient (Wildman–Crippen LogP) is 3.63. The average Bonchev–Trinajstić information content (AvgIpc) is 3.44. The molecule has 6 nitrogen and oxygen atoms in total. The molecule has 1 saturated heterocycles. The number of carbonyl (C=O) groups excluding carboxylic acids is 1. The summed E-state index contributed by atoms with van der Waals surface area (Å²) in [5, 5.41) is 1.92. The molecule has 0 saturated carbocycles. The third kappa shape index (κ3) is 3.40. The van der Waals surface area contributed by atoms with E-state index in [-0.39, 0.29) is 5.91 Å². The van der Waals surface area contributed by atoms with Crippen LogP contribution in [0.5, 0.6) is 5.75 Å². The number of hydrogen-bond donors (Lipinski definition) is 0. The van der Waals surface area contributed by atoms with E-state index in [4.69, 9.17) is 9.72 Å². The summed E-state index contributed by atoms with van der Waals surface area (Å²) in [6.45, 7) is 8.03. The Kier molecular flexibility index (Phi) is 5.37. The lowest BCUT2D eigenvalue weighted by Crippen LogP contribution is -2.38. The van der Waals surface area contributed by atoms with Crippen LogP contribution in [0.25, 0.3) is 16.2 Å². The van der Waals surface area contributed by atoms with Crippen LogP contribution in [0.4, 0.5) is 0 Å². The summed E-state index contributed by atoms with van der Waals surface area (Å²) in [5.41, 5.74) is 2.53. The molecule has 1 aromatic carbocycles. The number of ether oxygens (including phenoxy) is 1. The smallest absolute Gasteiger partial charge is 0.271 e. The fourth-order valence-corrected chi connectivity index (χ4v) is 4.83. The van der Waals surface area contributed by atoms with E-state index in [9.17, 15) is 4.79 Å². The van der Waals surface area contributed by atoms with Gasteiger partial charge >= 0.3 is 0 Å². The number of imidazole rings is 1. The number of aromatic nitrogens is 2. The Balaban J connectivity index is 1.58. The number of likely N-dealkylation sites (N-methyl/N-ethyl adjacent to an activating group) is 1. The third-order valence-electron chi connectivity index (χ3n) is 5.57. The van der Waals surface area contributed by atoms with Crippen LogP contribution in [0, 0.1) is 0 Å². The van der Waals surface area contributed by atoms with Crippen molar-refractivity contribution in [3.8, 4) is 17.0 Å². The van der Waals surface area contributed by atoms with E-state index in [0.29, 0.717) is 11.7 Å². The summed E-state index contributed by atoms with van der Waals surface area (Å²) in [5.74, 6) is 0.889. The van der Waals surface area contributed by atoms with Crippen LogP contribution < -0.4 is 4.74 Å². The third-order valence-corrected chi connectivity index (χ3v) is 6.41. The number of nitrogens with zero attached hydrogens (tertiary/aromatic N) is 4. The minimum Gasteiger partial charge on any atom is -0.497 e. The van der Waals surface area contributed by atoms with Gasteiger partial charge in [0.2, 0.25) is 0 Å². The van der Waals surface area contributed by atoms with E-state index >= 15 is 0 Å². The van der Waals surface area contributed by atoms with Crippen molar-refractivity contribution in [2.45, 2.75) is 26.3 Å². The van der Waals surface area contributed by atoms with E-state index in [2.05, 4.69) is 18.7 Å². The number of carbonyl (C=O) groups is 1. The second-order valence-corrected chi connectivity index (χ2v) is 7.88. The fourth-order valence-electron chi connectivity index (χ4n) is 3.99. The Morgan fingerprint density at radius 1 is 1.36 bits per heavy atom. The molecule has 148 valence electrons. The van der Waals surface area contributed by atoms with E-state index in [0.717, 1.165) is 54.6 Å². The highest BCUT2D eigenvalue weighted by Crippen LogP contribution is 2.27. The Morgan fingerprint density at radius 2 is 2.18 bits per heavy atom. The lowest BCUT2D eigenvalue weighted by atomic mass is 10.1. The first-order valence-electron chi connectivity index (χ1n) is 9.79. The van der Waals surface area contributed by atoms with Gasteiger partial charge in [-0.15, -0.1) is 11.3 Å². The van der Waals surface area contributed by atoms with Gasteiger partial charge in [0.05, 0.1) is 12.8 Å². The average molecular weight is 399 g/mol. The topological polar surface area (TPSA) is 50.1 Å². The molecule has 1 atom stereocenters. The first kappa shape index (κ1) is 19.0. The van der Waals surface area contributed by atoms with Crippen LogP contribution in [0.1, 0.15) is 30.8 Å². The Hall–Kier alpha value is -2.38. The van der Waals surface area contributed by atoms with Crippen LogP contribution in [-0.4, -0.2) is 64.4 Å². The molecule has 0 N–H and O–H groups in total. The quantitative estimate of drug-likeness (QED) is 0.636. The minimum atomic E-state index is 0.0931. The molecule has 7 heteroatoms. The zero-order valence-corrected chi connectivity index (χ0v) is 17.4. The summed E-state index contributed by atoms with van der Waals surface area (Å²) < 4.78 is 7.24. The summed E-state index contributed by atoms with van der Waals surface area (Å²) in [6.07, 6.45) is 2.99. The molecule has 1 amide bonds. The van der Waals surface area contributed by atoms with Gasteiger partial charge in [0.25, 0.3) is 5.91 Å². The molecule has 1 aliphatic rings. The minimum absolute atomic E-state index is 0.0931. The van der Waals surface area contributed by atoms with Gasteiger partial charge in [-0.3, -0.25) is 14.1 Å². The number of fused-ring (bicyclic) bond motifs is 1. The Labute approximate surface area is 169 Å². The van der Waals surface area contributed by atoms with E-state index < -0.39 is 0 Å². The van der Waals surface area contributed by atoms with Gasteiger partial charge in [-0.25, -0.2) is 4.98 Å². The molecule has 1 unspecified atom stereocenters. The van der Waals surface area contributed by atoms with E-state index in [1.165, 1.54) is 11.3 Å². The highest BCUT2D eigenvalue weighted by atomic mass is 32.1. The zero-order valence-electron chi connectivity index (χ0n) is 16.6. The molecule has 0 radical (unpaired) electrons. The SMILES string of the molecule is CCN(CC)C1CCN(C(=O)c2csc3nc(-c4cccc(OC)c4)cn23)C1. The molecule has 28 heavy (non-hydrogen) atoms. The predicted molar refractivity (Wildman–Crippen MR) is 112 cm³/mol. The van der Waals surface area contributed by atoms with Crippen LogP contribution in [0.2, 0.25) is 0 Å². The number of benzene rings is 1. The van der Waals surface area contributed by atoms with Crippen molar-refractivity contribution in [1.29, 1.82) is 0 Å².